The van der Waals surface area contributed by atoms with Crippen molar-refractivity contribution >= 4 is 21.6 Å². The van der Waals surface area contributed by atoms with E-state index in [4.69, 9.17) is 10.5 Å². The average molecular weight is 246 g/mol. The van der Waals surface area contributed by atoms with Crippen LogP contribution in [0.1, 0.15) is 12.8 Å². The second-order valence-electron chi connectivity index (χ2n) is 3.12. The van der Waals surface area contributed by atoms with Gasteiger partial charge in [-0.2, -0.15) is 0 Å². The van der Waals surface area contributed by atoms with E-state index in [0.717, 1.165) is 12.8 Å². The van der Waals surface area contributed by atoms with Crippen LogP contribution in [-0.2, 0) is 0 Å². The maximum absolute atomic E-state index is 13.0. The SMILES string of the molecule is Nc1cc(Br)c(F)cc1OC1CC1. The van der Waals surface area contributed by atoms with Gasteiger partial charge in [0.1, 0.15) is 11.6 Å². The standard InChI is InChI=1S/C9H9BrFNO/c10-6-3-8(12)9(4-7(6)11)13-5-1-2-5/h3-5H,1-2,12H2. The number of hydrogen-bond donors (Lipinski definition) is 1. The van der Waals surface area contributed by atoms with Crippen molar-refractivity contribution in [3.8, 4) is 5.75 Å². The Bertz CT molecular complexity index is 339. The van der Waals surface area contributed by atoms with Crippen LogP contribution < -0.4 is 10.5 Å². The van der Waals surface area contributed by atoms with Crippen LogP contribution >= 0.6 is 15.9 Å². The number of hydrogen-bond acceptors (Lipinski definition) is 2. The maximum atomic E-state index is 13.0. The topological polar surface area (TPSA) is 35.2 Å². The molecule has 0 radical (unpaired) electrons. The molecule has 1 aromatic rings. The van der Waals surface area contributed by atoms with E-state index in [2.05, 4.69) is 15.9 Å². The minimum atomic E-state index is -0.343. The Morgan fingerprint density at radius 2 is 2.15 bits per heavy atom. The van der Waals surface area contributed by atoms with E-state index in [1.54, 1.807) is 0 Å². The molecule has 1 fully saturated rings. The molecule has 0 atom stereocenters. The van der Waals surface area contributed by atoms with Crippen molar-refractivity contribution in [1.29, 1.82) is 0 Å². The molecule has 0 bridgehead atoms. The molecule has 2 N–H and O–H groups in total. The van der Waals surface area contributed by atoms with Crippen LogP contribution in [0.3, 0.4) is 0 Å². The molecule has 4 heteroatoms. The molecule has 0 aliphatic heterocycles. The second-order valence-corrected chi connectivity index (χ2v) is 3.98. The number of anilines is 1. The van der Waals surface area contributed by atoms with Crippen LogP contribution in [0.25, 0.3) is 0 Å². The second kappa shape index (κ2) is 3.18. The number of nitrogen functional groups attached to an aromatic ring is 1. The van der Waals surface area contributed by atoms with E-state index in [0.29, 0.717) is 15.9 Å². The van der Waals surface area contributed by atoms with Crippen molar-refractivity contribution in [2.45, 2.75) is 18.9 Å². The molecule has 0 spiro atoms. The van der Waals surface area contributed by atoms with Gasteiger partial charge in [0.2, 0.25) is 0 Å². The van der Waals surface area contributed by atoms with Gasteiger partial charge in [0.15, 0.2) is 0 Å². The third-order valence-corrected chi connectivity index (χ3v) is 2.48. The van der Waals surface area contributed by atoms with Gasteiger partial charge in [-0.05, 0) is 34.8 Å². The zero-order valence-electron chi connectivity index (χ0n) is 6.89. The number of halogens is 2. The summed E-state index contributed by atoms with van der Waals surface area (Å²) in [5.41, 5.74) is 6.12. The summed E-state index contributed by atoms with van der Waals surface area (Å²) in [5.74, 6) is 0.105. The lowest BCUT2D eigenvalue weighted by atomic mass is 10.3. The smallest absolute Gasteiger partial charge is 0.145 e. The Morgan fingerprint density at radius 3 is 2.77 bits per heavy atom. The maximum Gasteiger partial charge on any atom is 0.145 e. The van der Waals surface area contributed by atoms with Gasteiger partial charge in [-0.1, -0.05) is 0 Å². The average Bonchev–Trinajstić information content (AvgIpc) is 2.84. The minimum absolute atomic E-state index is 0.239. The van der Waals surface area contributed by atoms with Crippen molar-refractivity contribution in [2.75, 3.05) is 5.73 Å². The van der Waals surface area contributed by atoms with E-state index in [9.17, 15) is 4.39 Å². The minimum Gasteiger partial charge on any atom is -0.488 e. The molecule has 0 heterocycles. The summed E-state index contributed by atoms with van der Waals surface area (Å²) in [6.07, 6.45) is 2.32. The Hall–Kier alpha value is -0.770. The molecule has 0 unspecified atom stereocenters. The molecule has 70 valence electrons. The van der Waals surface area contributed by atoms with Crippen LogP contribution in [0, 0.1) is 5.82 Å². The molecular weight excluding hydrogens is 237 g/mol. The zero-order valence-corrected chi connectivity index (χ0v) is 8.47. The Kier molecular flexibility index (Phi) is 2.15. The van der Waals surface area contributed by atoms with E-state index >= 15 is 0 Å². The number of benzene rings is 1. The third-order valence-electron chi connectivity index (χ3n) is 1.87. The molecule has 0 aromatic heterocycles. The first-order chi connectivity index (χ1) is 6.16. The fourth-order valence-corrected chi connectivity index (χ4v) is 1.37. The fraction of sp³-hybridized carbons (Fsp3) is 0.333. The van der Waals surface area contributed by atoms with E-state index in [1.807, 2.05) is 0 Å². The molecule has 13 heavy (non-hydrogen) atoms. The van der Waals surface area contributed by atoms with Crippen LogP contribution in [0.15, 0.2) is 16.6 Å². The molecule has 2 nitrogen and oxygen atoms in total. The summed E-state index contributed by atoms with van der Waals surface area (Å²) in [4.78, 5) is 0. The van der Waals surface area contributed by atoms with Gasteiger partial charge in [-0.3, -0.25) is 0 Å². The van der Waals surface area contributed by atoms with Crippen LogP contribution in [0.5, 0.6) is 5.75 Å². The summed E-state index contributed by atoms with van der Waals surface area (Å²) >= 11 is 3.05. The lowest BCUT2D eigenvalue weighted by Crippen LogP contribution is -2.00. The lowest BCUT2D eigenvalue weighted by molar-refractivity contribution is 0.303. The molecule has 0 amide bonds. The Balaban J connectivity index is 2.27. The zero-order chi connectivity index (χ0) is 9.42. The normalized spacial score (nSPS) is 15.8. The predicted octanol–water partition coefficient (Wildman–Crippen LogP) is 2.71. The van der Waals surface area contributed by atoms with Gasteiger partial charge in [-0.15, -0.1) is 0 Å². The van der Waals surface area contributed by atoms with Crippen molar-refractivity contribution in [3.05, 3.63) is 22.4 Å². The number of ether oxygens (including phenoxy) is 1. The Labute approximate surface area is 84.0 Å². The monoisotopic (exact) mass is 245 g/mol. The first-order valence-corrected chi connectivity index (χ1v) is 4.87. The van der Waals surface area contributed by atoms with Gasteiger partial charge >= 0.3 is 0 Å². The van der Waals surface area contributed by atoms with E-state index in [-0.39, 0.29) is 11.9 Å². The van der Waals surface area contributed by atoms with E-state index < -0.39 is 0 Å². The van der Waals surface area contributed by atoms with Gasteiger partial charge < -0.3 is 10.5 Å². The molecule has 2 rings (SSSR count). The highest BCUT2D eigenvalue weighted by Gasteiger charge is 2.24. The largest absolute Gasteiger partial charge is 0.488 e. The predicted molar refractivity (Wildman–Crippen MR) is 52.2 cm³/mol. The van der Waals surface area contributed by atoms with Crippen LogP contribution in [0.2, 0.25) is 0 Å². The van der Waals surface area contributed by atoms with E-state index in [1.165, 1.54) is 12.1 Å². The first kappa shape index (κ1) is 8.81. The highest BCUT2D eigenvalue weighted by Crippen LogP contribution is 2.33. The van der Waals surface area contributed by atoms with Crippen molar-refractivity contribution in [1.82, 2.24) is 0 Å². The lowest BCUT2D eigenvalue weighted by Gasteiger charge is -2.08. The molecular formula is C9H9BrFNO. The van der Waals surface area contributed by atoms with Crippen molar-refractivity contribution in [3.63, 3.8) is 0 Å². The Morgan fingerprint density at radius 1 is 1.46 bits per heavy atom. The van der Waals surface area contributed by atoms with Gasteiger partial charge in [0.05, 0.1) is 16.3 Å². The van der Waals surface area contributed by atoms with Crippen molar-refractivity contribution < 1.29 is 9.13 Å². The molecule has 0 saturated heterocycles. The summed E-state index contributed by atoms with van der Waals surface area (Å²) in [6, 6.07) is 2.84. The number of nitrogens with two attached hydrogens (primary N) is 1. The van der Waals surface area contributed by atoms with Crippen LogP contribution in [-0.4, -0.2) is 6.10 Å². The molecule has 1 aliphatic carbocycles. The molecule has 1 aliphatic rings. The van der Waals surface area contributed by atoms with Gasteiger partial charge in [-0.25, -0.2) is 4.39 Å². The highest BCUT2D eigenvalue weighted by molar-refractivity contribution is 9.10. The molecule has 1 aromatic carbocycles. The van der Waals surface area contributed by atoms with Gasteiger partial charge in [0.25, 0.3) is 0 Å². The third kappa shape index (κ3) is 1.94. The summed E-state index contributed by atoms with van der Waals surface area (Å²) in [5, 5.41) is 0. The molecule has 1 saturated carbocycles. The number of rotatable bonds is 2. The summed E-state index contributed by atoms with van der Waals surface area (Å²) in [6.45, 7) is 0. The quantitative estimate of drug-likeness (QED) is 0.814. The highest BCUT2D eigenvalue weighted by atomic mass is 79.9. The first-order valence-electron chi connectivity index (χ1n) is 4.08. The van der Waals surface area contributed by atoms with Crippen molar-refractivity contribution in [2.24, 2.45) is 0 Å². The fourth-order valence-electron chi connectivity index (χ4n) is 1.01. The van der Waals surface area contributed by atoms with Crippen LogP contribution in [0.4, 0.5) is 10.1 Å². The van der Waals surface area contributed by atoms with Gasteiger partial charge in [0, 0.05) is 6.07 Å². The summed E-state index contributed by atoms with van der Waals surface area (Å²) < 4.78 is 18.8. The summed E-state index contributed by atoms with van der Waals surface area (Å²) in [7, 11) is 0.